The van der Waals surface area contributed by atoms with Crippen molar-refractivity contribution in [2.75, 3.05) is 31.1 Å². The third-order valence-corrected chi connectivity index (χ3v) is 4.17. The third-order valence-electron chi connectivity index (χ3n) is 1.80. The summed E-state index contributed by atoms with van der Waals surface area (Å²) in [5.74, 6) is -4.14. The molecule has 0 saturated carbocycles. The molecule has 14 heavy (non-hydrogen) atoms. The lowest BCUT2D eigenvalue weighted by Crippen LogP contribution is -2.43. The summed E-state index contributed by atoms with van der Waals surface area (Å²) in [6, 6.07) is 0. The summed E-state index contributed by atoms with van der Waals surface area (Å²) in [4.78, 5) is 11.7. The molecule has 7 heteroatoms. The van der Waals surface area contributed by atoms with Gasteiger partial charge in [-0.15, -0.1) is 0 Å². The summed E-state index contributed by atoms with van der Waals surface area (Å²) in [7, 11) is 3.27. The van der Waals surface area contributed by atoms with Gasteiger partial charge in [0.25, 0.3) is 0 Å². The molecule has 0 amide bonds. The van der Waals surface area contributed by atoms with Crippen LogP contribution in [0.3, 0.4) is 0 Å². The first-order valence-corrected chi connectivity index (χ1v) is 6.59. The highest BCUT2D eigenvalue weighted by atomic mass is 33.1. The van der Waals surface area contributed by atoms with E-state index >= 15 is 0 Å². The molecule has 0 aromatic carbocycles. The van der Waals surface area contributed by atoms with Crippen molar-refractivity contribution in [1.82, 2.24) is 4.90 Å². The number of rotatable bonds is 3. The van der Waals surface area contributed by atoms with Crippen LogP contribution in [0.25, 0.3) is 0 Å². The van der Waals surface area contributed by atoms with E-state index in [1.54, 1.807) is 21.6 Å². The fourth-order valence-corrected chi connectivity index (χ4v) is 3.12. The molecule has 0 bridgehead atoms. The zero-order valence-corrected chi connectivity index (χ0v) is 9.04. The topological polar surface area (TPSA) is 40.5 Å². The van der Waals surface area contributed by atoms with Crippen LogP contribution in [0.15, 0.2) is 0 Å². The van der Waals surface area contributed by atoms with E-state index in [0.717, 1.165) is 11.5 Å². The number of alkyl halides is 2. The van der Waals surface area contributed by atoms with Gasteiger partial charge in [-0.1, -0.05) is 21.6 Å². The summed E-state index contributed by atoms with van der Waals surface area (Å²) < 4.78 is 25.6. The smallest absolute Gasteiger partial charge is 0.375 e. The Morgan fingerprint density at radius 3 is 2.29 bits per heavy atom. The first-order valence-electron chi connectivity index (χ1n) is 4.10. The highest BCUT2D eigenvalue weighted by Gasteiger charge is 2.40. The van der Waals surface area contributed by atoms with Crippen molar-refractivity contribution in [3.05, 3.63) is 0 Å². The summed E-state index contributed by atoms with van der Waals surface area (Å²) in [5, 5.41) is 8.26. The lowest BCUT2D eigenvalue weighted by Gasteiger charge is -2.22. The molecule has 1 rings (SSSR count). The zero-order chi connectivity index (χ0) is 10.6. The van der Waals surface area contributed by atoms with Gasteiger partial charge in [0.15, 0.2) is 0 Å². The number of hydrogen-bond donors (Lipinski definition) is 1. The van der Waals surface area contributed by atoms with Gasteiger partial charge in [0.2, 0.25) is 0 Å². The van der Waals surface area contributed by atoms with Gasteiger partial charge in [-0.2, -0.15) is 8.78 Å². The van der Waals surface area contributed by atoms with E-state index in [9.17, 15) is 13.6 Å². The Labute approximate surface area is 88.6 Å². The van der Waals surface area contributed by atoms with Gasteiger partial charge in [0.05, 0.1) is 6.54 Å². The van der Waals surface area contributed by atoms with E-state index in [1.165, 1.54) is 4.90 Å². The molecule has 0 spiro atoms. The average molecular weight is 243 g/mol. The second kappa shape index (κ2) is 5.18. The van der Waals surface area contributed by atoms with Gasteiger partial charge in [-0.25, -0.2) is 4.79 Å². The molecule has 0 aliphatic carbocycles. The minimum absolute atomic E-state index is 0.528. The predicted octanol–water partition coefficient (Wildman–Crippen LogP) is 1.40. The number of carbonyl (C=O) groups is 1. The lowest BCUT2D eigenvalue weighted by molar-refractivity contribution is -0.167. The van der Waals surface area contributed by atoms with Crippen LogP contribution in [-0.2, 0) is 4.79 Å². The van der Waals surface area contributed by atoms with Gasteiger partial charge in [0, 0.05) is 24.6 Å². The fourth-order valence-electron chi connectivity index (χ4n) is 1.07. The minimum atomic E-state index is -3.63. The third kappa shape index (κ3) is 3.62. The monoisotopic (exact) mass is 243 g/mol. The first kappa shape index (κ1) is 12.1. The quantitative estimate of drug-likeness (QED) is 0.759. The van der Waals surface area contributed by atoms with Gasteiger partial charge in [0.1, 0.15) is 0 Å². The van der Waals surface area contributed by atoms with Gasteiger partial charge >= 0.3 is 11.9 Å². The lowest BCUT2D eigenvalue weighted by atomic mass is 10.3. The summed E-state index contributed by atoms with van der Waals surface area (Å²) in [6.45, 7) is 0.379. The Morgan fingerprint density at radius 2 is 1.86 bits per heavy atom. The van der Waals surface area contributed by atoms with Crippen molar-refractivity contribution in [2.45, 2.75) is 5.92 Å². The van der Waals surface area contributed by atoms with E-state index < -0.39 is 18.4 Å². The molecule has 82 valence electrons. The van der Waals surface area contributed by atoms with Crippen molar-refractivity contribution in [2.24, 2.45) is 0 Å². The van der Waals surface area contributed by atoms with E-state index in [2.05, 4.69) is 0 Å². The maximum absolute atomic E-state index is 12.8. The summed E-state index contributed by atoms with van der Waals surface area (Å²) in [6.07, 6.45) is 0. The number of aliphatic carboxylic acids is 1. The number of nitrogens with zero attached hydrogens (tertiary/aromatic N) is 1. The molecule has 3 nitrogen and oxygen atoms in total. The molecule has 0 aromatic heterocycles. The molecule has 1 N–H and O–H groups in total. The minimum Gasteiger partial charge on any atom is -0.477 e. The average Bonchev–Trinajstić information content (AvgIpc) is 2.32. The summed E-state index contributed by atoms with van der Waals surface area (Å²) >= 11 is 0. The molecule has 0 atom stereocenters. The van der Waals surface area contributed by atoms with Crippen molar-refractivity contribution in [3.63, 3.8) is 0 Å². The Morgan fingerprint density at radius 1 is 1.36 bits per heavy atom. The summed E-state index contributed by atoms with van der Waals surface area (Å²) in [5.41, 5.74) is 0. The number of hydrogen-bond acceptors (Lipinski definition) is 4. The first-order chi connectivity index (χ1) is 6.52. The van der Waals surface area contributed by atoms with Crippen LogP contribution in [0.1, 0.15) is 0 Å². The molecule has 1 fully saturated rings. The van der Waals surface area contributed by atoms with E-state index in [4.69, 9.17) is 5.11 Å². The molecular weight excluding hydrogens is 232 g/mol. The van der Waals surface area contributed by atoms with Crippen molar-refractivity contribution < 1.29 is 18.7 Å². The second-order valence-electron chi connectivity index (χ2n) is 2.93. The fraction of sp³-hybridized carbons (Fsp3) is 0.857. The van der Waals surface area contributed by atoms with E-state index in [1.807, 2.05) is 0 Å². The molecule has 0 aromatic rings. The van der Waals surface area contributed by atoms with Crippen LogP contribution in [0.2, 0.25) is 0 Å². The molecule has 1 aliphatic rings. The maximum atomic E-state index is 12.8. The van der Waals surface area contributed by atoms with Crippen LogP contribution in [0.5, 0.6) is 0 Å². The number of carboxylic acids is 1. The molecule has 0 radical (unpaired) electrons. The number of carboxylic acid groups (broad SMARTS) is 1. The van der Waals surface area contributed by atoms with E-state index in [0.29, 0.717) is 13.1 Å². The van der Waals surface area contributed by atoms with Gasteiger partial charge in [-0.3, -0.25) is 4.90 Å². The SMILES string of the molecule is O=C(O)C(F)(F)CN1CCSSCC1. The molecule has 1 aliphatic heterocycles. The molecular formula is C7H11F2NO2S2. The number of halogens is 2. The van der Waals surface area contributed by atoms with Crippen molar-refractivity contribution in [1.29, 1.82) is 0 Å². The van der Waals surface area contributed by atoms with Crippen LogP contribution in [0.4, 0.5) is 8.78 Å². The Balaban J connectivity index is 2.45. The largest absolute Gasteiger partial charge is 0.477 e. The Hall–Kier alpha value is -0.0100. The highest BCUT2D eigenvalue weighted by molar-refractivity contribution is 8.76. The molecule has 1 heterocycles. The van der Waals surface area contributed by atoms with Crippen molar-refractivity contribution in [3.8, 4) is 0 Å². The van der Waals surface area contributed by atoms with Crippen LogP contribution >= 0.6 is 21.6 Å². The highest BCUT2D eigenvalue weighted by Crippen LogP contribution is 2.25. The van der Waals surface area contributed by atoms with Crippen LogP contribution in [-0.4, -0.2) is 53.0 Å². The predicted molar refractivity (Wildman–Crippen MR) is 53.9 cm³/mol. The molecule has 1 saturated heterocycles. The van der Waals surface area contributed by atoms with Gasteiger partial charge in [-0.05, 0) is 0 Å². The Kier molecular flexibility index (Phi) is 4.46. The maximum Gasteiger partial charge on any atom is 0.375 e. The standard InChI is InChI=1S/C7H11F2NO2S2/c8-7(9,6(11)12)5-10-1-3-13-14-4-2-10/h1-5H2,(H,11,12). The zero-order valence-electron chi connectivity index (χ0n) is 7.41. The van der Waals surface area contributed by atoms with Crippen molar-refractivity contribution >= 4 is 27.6 Å². The normalized spacial score (nSPS) is 20.4. The van der Waals surface area contributed by atoms with E-state index in [-0.39, 0.29) is 0 Å². The second-order valence-corrected chi connectivity index (χ2v) is 5.63. The van der Waals surface area contributed by atoms with Gasteiger partial charge < -0.3 is 5.11 Å². The van der Waals surface area contributed by atoms with Crippen LogP contribution in [0, 0.1) is 0 Å². The Bertz CT molecular complexity index is 208. The van der Waals surface area contributed by atoms with Crippen LogP contribution < -0.4 is 0 Å². The molecule has 0 unspecified atom stereocenters.